The monoisotopic (exact) mass is 520 g/mol. The number of aromatic carboxylic acids is 1. The molecule has 8 nitrogen and oxygen atoms in total. The van der Waals surface area contributed by atoms with Crippen molar-refractivity contribution in [3.63, 3.8) is 0 Å². The van der Waals surface area contributed by atoms with Crippen LogP contribution in [0.3, 0.4) is 0 Å². The van der Waals surface area contributed by atoms with Gasteiger partial charge in [0.1, 0.15) is 5.75 Å². The molecule has 0 aliphatic carbocycles. The highest BCUT2D eigenvalue weighted by atomic mass is 32.1. The van der Waals surface area contributed by atoms with E-state index in [2.05, 4.69) is 4.98 Å². The molecule has 0 saturated heterocycles. The highest BCUT2D eigenvalue weighted by molar-refractivity contribution is 7.20. The van der Waals surface area contributed by atoms with Crippen molar-refractivity contribution in [3.8, 4) is 16.9 Å². The molecule has 0 fully saturated rings. The molecule has 2 aromatic carbocycles. The third kappa shape index (κ3) is 4.53. The van der Waals surface area contributed by atoms with Crippen molar-refractivity contribution in [2.24, 2.45) is 0 Å². The summed E-state index contributed by atoms with van der Waals surface area (Å²) in [6.07, 6.45) is 1.48. The summed E-state index contributed by atoms with van der Waals surface area (Å²) in [5.41, 5.74) is 4.49. The summed E-state index contributed by atoms with van der Waals surface area (Å²) >= 11 is 1.07. The molecule has 1 aliphatic heterocycles. The Labute approximate surface area is 218 Å². The number of carbonyl (C=O) groups is 2. The summed E-state index contributed by atoms with van der Waals surface area (Å²) in [6, 6.07) is 7.61. The zero-order valence-corrected chi connectivity index (χ0v) is 22.2. The Morgan fingerprint density at radius 2 is 2.03 bits per heavy atom. The Hall–Kier alpha value is -3.56. The number of carboxylic acid groups (broad SMARTS) is 1. The normalized spacial score (nSPS) is 14.0. The molecular weight excluding hydrogens is 492 g/mol. The molecule has 0 amide bonds. The summed E-state index contributed by atoms with van der Waals surface area (Å²) < 4.78 is 18.3. The van der Waals surface area contributed by atoms with E-state index < -0.39 is 23.6 Å². The van der Waals surface area contributed by atoms with Gasteiger partial charge < -0.3 is 19.3 Å². The van der Waals surface area contributed by atoms with Crippen LogP contribution >= 0.6 is 11.3 Å². The summed E-state index contributed by atoms with van der Waals surface area (Å²) in [6.45, 7) is 10.0. The molecule has 1 aliphatic rings. The number of esters is 1. The number of hydrogen-bond acceptors (Lipinski definition) is 8. The SMILES string of the molecule is CCOC(=O)[C@@H](OC(C)(C)C)c1c(C)cc2nc(C(=O)O)sc2c1-c1ccc2c3c(ccnc13)CCO2. The van der Waals surface area contributed by atoms with Crippen molar-refractivity contribution < 1.29 is 28.9 Å². The molecule has 0 saturated carbocycles. The standard InChI is InChI=1S/C28H28N2O6S/c1-6-34-27(33)23(36-28(3,4)5)19-14(2)13-17-24(37-25(30-17)26(31)32)21(19)16-7-8-18-20-15(10-12-35-18)9-11-29-22(16)20/h7-9,11,13,23H,6,10,12H2,1-5H3,(H,31,32)/t23-/m0/s1. The molecule has 4 aromatic rings. The number of carbonyl (C=O) groups excluding carboxylic acids is 1. The lowest BCUT2D eigenvalue weighted by Crippen LogP contribution is -2.29. The topological polar surface area (TPSA) is 108 Å². The van der Waals surface area contributed by atoms with Crippen LogP contribution in [-0.4, -0.2) is 45.8 Å². The van der Waals surface area contributed by atoms with Gasteiger partial charge in [-0.15, -0.1) is 11.3 Å². The van der Waals surface area contributed by atoms with E-state index in [0.29, 0.717) is 33.5 Å². The van der Waals surface area contributed by atoms with Crippen LogP contribution in [0.4, 0.5) is 0 Å². The van der Waals surface area contributed by atoms with E-state index in [0.717, 1.165) is 45.6 Å². The summed E-state index contributed by atoms with van der Waals surface area (Å²) in [5, 5.41) is 10.6. The minimum atomic E-state index is -1.11. The first-order chi connectivity index (χ1) is 17.6. The minimum absolute atomic E-state index is 0.0313. The van der Waals surface area contributed by atoms with Crippen molar-refractivity contribution in [1.29, 1.82) is 0 Å². The molecule has 0 unspecified atom stereocenters. The number of thiazole rings is 1. The van der Waals surface area contributed by atoms with Crippen LogP contribution in [0.5, 0.6) is 5.75 Å². The van der Waals surface area contributed by atoms with Crippen LogP contribution in [0.15, 0.2) is 30.5 Å². The van der Waals surface area contributed by atoms with E-state index >= 15 is 0 Å². The zero-order chi connectivity index (χ0) is 26.5. The Morgan fingerprint density at radius 3 is 2.73 bits per heavy atom. The molecule has 9 heteroatoms. The number of ether oxygens (including phenoxy) is 3. The Bertz CT molecular complexity index is 1540. The van der Waals surface area contributed by atoms with Gasteiger partial charge in [0.15, 0.2) is 6.10 Å². The van der Waals surface area contributed by atoms with Crippen LogP contribution in [0.25, 0.3) is 32.2 Å². The first-order valence-corrected chi connectivity index (χ1v) is 13.0. The van der Waals surface area contributed by atoms with Gasteiger partial charge in [-0.05, 0) is 70.0 Å². The van der Waals surface area contributed by atoms with Gasteiger partial charge in [-0.1, -0.05) is 0 Å². The number of carboxylic acids is 1. The number of fused-ring (bicyclic) bond motifs is 1. The van der Waals surface area contributed by atoms with Gasteiger partial charge in [0, 0.05) is 34.7 Å². The van der Waals surface area contributed by atoms with Crippen molar-refractivity contribution >= 4 is 44.4 Å². The van der Waals surface area contributed by atoms with Crippen LogP contribution in [0, 0.1) is 6.92 Å². The minimum Gasteiger partial charge on any atom is -0.493 e. The molecular formula is C28H28N2O6S. The number of nitrogens with zero attached hydrogens (tertiary/aromatic N) is 2. The number of pyridine rings is 1. The van der Waals surface area contributed by atoms with Crippen LogP contribution in [-0.2, 0) is 20.7 Å². The van der Waals surface area contributed by atoms with Crippen molar-refractivity contribution in [2.45, 2.75) is 52.7 Å². The lowest BCUT2D eigenvalue weighted by molar-refractivity contribution is -0.166. The third-order valence-electron chi connectivity index (χ3n) is 6.18. The van der Waals surface area contributed by atoms with Crippen LogP contribution in [0.1, 0.15) is 60.3 Å². The van der Waals surface area contributed by atoms with E-state index in [1.165, 1.54) is 0 Å². The number of aromatic nitrogens is 2. The fourth-order valence-electron chi connectivity index (χ4n) is 4.81. The highest BCUT2D eigenvalue weighted by Crippen LogP contribution is 2.46. The highest BCUT2D eigenvalue weighted by Gasteiger charge is 2.34. The number of aryl methyl sites for hydroxylation is 1. The number of hydrogen-bond donors (Lipinski definition) is 1. The third-order valence-corrected chi connectivity index (χ3v) is 7.26. The van der Waals surface area contributed by atoms with Gasteiger partial charge in [0.2, 0.25) is 5.01 Å². The largest absolute Gasteiger partial charge is 0.493 e. The maximum absolute atomic E-state index is 13.3. The fourth-order valence-corrected chi connectivity index (χ4v) is 5.76. The average Bonchev–Trinajstić information content (AvgIpc) is 3.26. The maximum atomic E-state index is 13.3. The molecule has 192 valence electrons. The smallest absolute Gasteiger partial charge is 0.365 e. The molecule has 0 radical (unpaired) electrons. The van der Waals surface area contributed by atoms with Gasteiger partial charge in [-0.3, -0.25) is 4.98 Å². The average molecular weight is 521 g/mol. The summed E-state index contributed by atoms with van der Waals surface area (Å²) in [7, 11) is 0. The Kier molecular flexibility index (Phi) is 6.37. The van der Waals surface area contributed by atoms with E-state index in [9.17, 15) is 14.7 Å². The lowest BCUT2D eigenvalue weighted by Gasteiger charge is -2.29. The molecule has 5 rings (SSSR count). The van der Waals surface area contributed by atoms with Gasteiger partial charge in [-0.2, -0.15) is 0 Å². The predicted octanol–water partition coefficient (Wildman–Crippen LogP) is 5.87. The first-order valence-electron chi connectivity index (χ1n) is 12.1. The molecule has 0 bridgehead atoms. The van der Waals surface area contributed by atoms with Gasteiger partial charge in [-0.25, -0.2) is 14.6 Å². The molecule has 37 heavy (non-hydrogen) atoms. The molecule has 1 atom stereocenters. The second-order valence-corrected chi connectivity index (χ2v) is 10.9. The van der Waals surface area contributed by atoms with Gasteiger partial charge in [0.25, 0.3) is 0 Å². The van der Waals surface area contributed by atoms with Crippen molar-refractivity contribution in [2.75, 3.05) is 13.2 Å². The zero-order valence-electron chi connectivity index (χ0n) is 21.4. The van der Waals surface area contributed by atoms with Crippen molar-refractivity contribution in [1.82, 2.24) is 9.97 Å². The first kappa shape index (κ1) is 25.1. The van der Waals surface area contributed by atoms with E-state index in [1.807, 2.05) is 45.9 Å². The maximum Gasteiger partial charge on any atom is 0.365 e. The molecule has 0 spiro atoms. The van der Waals surface area contributed by atoms with Gasteiger partial charge >= 0.3 is 11.9 Å². The van der Waals surface area contributed by atoms with Crippen LogP contribution in [0.2, 0.25) is 0 Å². The lowest BCUT2D eigenvalue weighted by atomic mass is 9.89. The van der Waals surface area contributed by atoms with E-state index in [4.69, 9.17) is 19.2 Å². The second kappa shape index (κ2) is 9.39. The fraction of sp³-hybridized carbons (Fsp3) is 0.357. The van der Waals surface area contributed by atoms with Crippen LogP contribution < -0.4 is 4.74 Å². The Balaban J connectivity index is 1.90. The molecule has 1 N–H and O–H groups in total. The second-order valence-electron chi connectivity index (χ2n) is 9.92. The van der Waals surface area contributed by atoms with Gasteiger partial charge in [0.05, 0.1) is 34.5 Å². The summed E-state index contributed by atoms with van der Waals surface area (Å²) in [4.78, 5) is 34.3. The quantitative estimate of drug-likeness (QED) is 0.314. The van der Waals surface area contributed by atoms with Crippen molar-refractivity contribution in [3.05, 3.63) is 52.2 Å². The van der Waals surface area contributed by atoms with E-state index in [1.54, 1.807) is 19.2 Å². The number of benzene rings is 2. The number of rotatable bonds is 6. The predicted molar refractivity (Wildman–Crippen MR) is 141 cm³/mol. The molecule has 3 heterocycles. The van der Waals surface area contributed by atoms with E-state index in [-0.39, 0.29) is 11.6 Å². The molecule has 2 aromatic heterocycles. The summed E-state index contributed by atoms with van der Waals surface area (Å²) in [5.74, 6) is -0.868. The Morgan fingerprint density at radius 1 is 1.24 bits per heavy atom.